The van der Waals surface area contributed by atoms with Gasteiger partial charge in [0, 0.05) is 29.7 Å². The predicted molar refractivity (Wildman–Crippen MR) is 95.0 cm³/mol. The molecule has 2 aromatic rings. The Morgan fingerprint density at radius 3 is 2.64 bits per heavy atom. The van der Waals surface area contributed by atoms with Gasteiger partial charge in [-0.15, -0.1) is 0 Å². The van der Waals surface area contributed by atoms with Crippen LogP contribution in [0.5, 0.6) is 0 Å². The van der Waals surface area contributed by atoms with E-state index in [2.05, 4.69) is 10.6 Å². The summed E-state index contributed by atoms with van der Waals surface area (Å²) < 4.78 is 0. The van der Waals surface area contributed by atoms with Crippen molar-refractivity contribution >= 4 is 23.0 Å². The molecule has 7 heteroatoms. The molecule has 0 aromatic heterocycles. The van der Waals surface area contributed by atoms with Gasteiger partial charge in [-0.2, -0.15) is 5.26 Å². The Morgan fingerprint density at radius 2 is 2.00 bits per heavy atom. The van der Waals surface area contributed by atoms with E-state index >= 15 is 0 Å². The molecule has 126 valence electrons. The number of non-ortho nitro benzene ring substituents is 1. The summed E-state index contributed by atoms with van der Waals surface area (Å²) in [5.41, 5.74) is 2.82. The van der Waals surface area contributed by atoms with Crippen molar-refractivity contribution in [2.24, 2.45) is 0 Å². The number of carbonyl (C=O) groups excluding carboxylic acids is 1. The maximum absolute atomic E-state index is 12.2. The van der Waals surface area contributed by atoms with Crippen molar-refractivity contribution < 1.29 is 9.72 Å². The van der Waals surface area contributed by atoms with Gasteiger partial charge in [0.2, 0.25) is 0 Å². The average Bonchev–Trinajstić information content (AvgIpc) is 2.57. The van der Waals surface area contributed by atoms with E-state index in [1.165, 1.54) is 30.5 Å². The first kappa shape index (κ1) is 17.7. The Labute approximate surface area is 144 Å². The molecule has 0 aliphatic carbocycles. The van der Waals surface area contributed by atoms with Gasteiger partial charge in [-0.25, -0.2) is 0 Å². The highest BCUT2D eigenvalue weighted by atomic mass is 16.6. The van der Waals surface area contributed by atoms with Gasteiger partial charge in [-0.3, -0.25) is 14.9 Å². The molecule has 0 bridgehead atoms. The molecule has 0 aliphatic rings. The minimum absolute atomic E-state index is 0.145. The zero-order chi connectivity index (χ0) is 18.4. The van der Waals surface area contributed by atoms with Gasteiger partial charge in [-0.1, -0.05) is 23.8 Å². The Kier molecular flexibility index (Phi) is 5.48. The highest BCUT2D eigenvalue weighted by molar-refractivity contribution is 6.06. The summed E-state index contributed by atoms with van der Waals surface area (Å²) in [7, 11) is 0. The van der Waals surface area contributed by atoms with Crippen molar-refractivity contribution in [1.29, 1.82) is 5.26 Å². The van der Waals surface area contributed by atoms with Crippen molar-refractivity contribution in [2.75, 3.05) is 10.6 Å². The number of nitrogens with one attached hydrogen (secondary N) is 2. The van der Waals surface area contributed by atoms with Gasteiger partial charge in [0.05, 0.1) is 4.92 Å². The second-order valence-corrected chi connectivity index (χ2v) is 5.39. The van der Waals surface area contributed by atoms with E-state index in [0.717, 1.165) is 16.8 Å². The number of nitro benzene ring substituents is 1. The average molecular weight is 336 g/mol. The monoisotopic (exact) mass is 336 g/mol. The fourth-order valence-electron chi connectivity index (χ4n) is 2.17. The number of nitro groups is 1. The van der Waals surface area contributed by atoms with E-state index in [0.29, 0.717) is 0 Å². The molecule has 0 saturated carbocycles. The van der Waals surface area contributed by atoms with Crippen LogP contribution in [0, 0.1) is 35.3 Å². The maximum Gasteiger partial charge on any atom is 0.271 e. The van der Waals surface area contributed by atoms with Crippen LogP contribution < -0.4 is 10.6 Å². The summed E-state index contributed by atoms with van der Waals surface area (Å²) in [6.45, 7) is 3.89. The third-order valence-electron chi connectivity index (χ3n) is 3.43. The van der Waals surface area contributed by atoms with Crippen LogP contribution in [0.25, 0.3) is 0 Å². The second-order valence-electron chi connectivity index (χ2n) is 5.39. The molecule has 0 spiro atoms. The lowest BCUT2D eigenvalue weighted by molar-refractivity contribution is -0.384. The quantitative estimate of drug-likeness (QED) is 0.375. The lowest BCUT2D eigenvalue weighted by Crippen LogP contribution is -2.14. The number of benzene rings is 2. The van der Waals surface area contributed by atoms with Gasteiger partial charge in [0.1, 0.15) is 11.6 Å². The van der Waals surface area contributed by atoms with Crippen molar-refractivity contribution in [3.63, 3.8) is 0 Å². The van der Waals surface area contributed by atoms with Gasteiger partial charge >= 0.3 is 0 Å². The first-order valence-electron chi connectivity index (χ1n) is 7.40. The Hall–Kier alpha value is -3.66. The van der Waals surface area contributed by atoms with Gasteiger partial charge in [0.15, 0.2) is 0 Å². The minimum Gasteiger partial charge on any atom is -0.360 e. The first-order valence-corrected chi connectivity index (χ1v) is 7.40. The molecule has 0 atom stereocenters. The number of rotatable bonds is 5. The Balaban J connectivity index is 2.14. The standard InChI is InChI=1S/C18H16N4O3/c1-12-6-7-17(13(2)8-12)20-11-14(10-19)18(23)21-15-4-3-5-16(9-15)22(24)25/h3-9,11,20H,1-2H3,(H,21,23)/b14-11-. The normalized spacial score (nSPS) is 10.7. The van der Waals surface area contributed by atoms with E-state index in [-0.39, 0.29) is 16.9 Å². The lowest BCUT2D eigenvalue weighted by atomic mass is 10.1. The molecule has 7 nitrogen and oxygen atoms in total. The van der Waals surface area contributed by atoms with Crippen molar-refractivity contribution in [1.82, 2.24) is 0 Å². The number of hydrogen-bond donors (Lipinski definition) is 2. The van der Waals surface area contributed by atoms with Gasteiger partial charge < -0.3 is 10.6 Å². The maximum atomic E-state index is 12.2. The number of hydrogen-bond acceptors (Lipinski definition) is 5. The van der Waals surface area contributed by atoms with Crippen LogP contribution >= 0.6 is 0 Å². The summed E-state index contributed by atoms with van der Waals surface area (Å²) in [6, 6.07) is 13.1. The molecule has 0 radical (unpaired) electrons. The summed E-state index contributed by atoms with van der Waals surface area (Å²) in [5.74, 6) is -0.653. The zero-order valence-corrected chi connectivity index (χ0v) is 13.7. The molecule has 0 heterocycles. The molecular formula is C18H16N4O3. The first-order chi connectivity index (χ1) is 11.9. The largest absolute Gasteiger partial charge is 0.360 e. The van der Waals surface area contributed by atoms with Crippen molar-refractivity contribution in [3.8, 4) is 6.07 Å². The molecule has 2 N–H and O–H groups in total. The molecule has 1 amide bonds. The molecule has 0 aliphatic heterocycles. The number of anilines is 2. The fourth-order valence-corrected chi connectivity index (χ4v) is 2.17. The molecule has 0 fully saturated rings. The molecule has 2 rings (SSSR count). The fraction of sp³-hybridized carbons (Fsp3) is 0.111. The topological polar surface area (TPSA) is 108 Å². The number of aryl methyl sites for hydroxylation is 2. The van der Waals surface area contributed by atoms with Gasteiger partial charge in [-0.05, 0) is 31.5 Å². The summed E-state index contributed by atoms with van der Waals surface area (Å²) in [5, 5.41) is 25.4. The second kappa shape index (κ2) is 7.75. The SMILES string of the molecule is Cc1ccc(N/C=C(/C#N)C(=O)Nc2cccc([N+](=O)[O-])c2)c(C)c1. The van der Waals surface area contributed by atoms with E-state index in [9.17, 15) is 20.2 Å². The smallest absolute Gasteiger partial charge is 0.271 e. The third-order valence-corrected chi connectivity index (χ3v) is 3.43. The van der Waals surface area contributed by atoms with Gasteiger partial charge in [0.25, 0.3) is 11.6 Å². The number of amides is 1. The lowest BCUT2D eigenvalue weighted by Gasteiger charge is -2.08. The van der Waals surface area contributed by atoms with E-state index < -0.39 is 10.8 Å². The van der Waals surface area contributed by atoms with Crippen LogP contribution in [0.15, 0.2) is 54.2 Å². The van der Waals surface area contributed by atoms with E-state index in [1.807, 2.05) is 38.1 Å². The number of nitriles is 1. The van der Waals surface area contributed by atoms with Crippen molar-refractivity contribution in [3.05, 3.63) is 75.5 Å². The van der Waals surface area contributed by atoms with Crippen LogP contribution in [0.2, 0.25) is 0 Å². The highest BCUT2D eigenvalue weighted by Gasteiger charge is 2.12. The summed E-state index contributed by atoms with van der Waals surface area (Å²) in [4.78, 5) is 22.4. The third kappa shape index (κ3) is 4.65. The summed E-state index contributed by atoms with van der Waals surface area (Å²) in [6.07, 6.45) is 1.31. The number of nitrogens with zero attached hydrogens (tertiary/aromatic N) is 2. The Morgan fingerprint density at radius 1 is 1.24 bits per heavy atom. The predicted octanol–water partition coefficient (Wildman–Crippen LogP) is 3.67. The van der Waals surface area contributed by atoms with Crippen LogP contribution in [0.4, 0.5) is 17.1 Å². The summed E-state index contributed by atoms with van der Waals surface area (Å²) >= 11 is 0. The van der Waals surface area contributed by atoms with E-state index in [4.69, 9.17) is 0 Å². The zero-order valence-electron chi connectivity index (χ0n) is 13.7. The van der Waals surface area contributed by atoms with Crippen LogP contribution in [0.1, 0.15) is 11.1 Å². The molecular weight excluding hydrogens is 320 g/mol. The molecule has 2 aromatic carbocycles. The molecule has 0 unspecified atom stereocenters. The van der Waals surface area contributed by atoms with Crippen molar-refractivity contribution in [2.45, 2.75) is 13.8 Å². The Bertz CT molecular complexity index is 897. The van der Waals surface area contributed by atoms with Crippen LogP contribution in [-0.2, 0) is 4.79 Å². The highest BCUT2D eigenvalue weighted by Crippen LogP contribution is 2.18. The van der Waals surface area contributed by atoms with Crippen LogP contribution in [-0.4, -0.2) is 10.8 Å². The van der Waals surface area contributed by atoms with E-state index in [1.54, 1.807) is 0 Å². The van der Waals surface area contributed by atoms with Crippen LogP contribution in [0.3, 0.4) is 0 Å². The molecule has 25 heavy (non-hydrogen) atoms. The number of carbonyl (C=O) groups is 1. The minimum atomic E-state index is -0.653. The molecule has 0 saturated heterocycles.